The number of hydrogen-bond donors (Lipinski definition) is 1. The molecule has 0 aliphatic heterocycles. The molecule has 0 fully saturated rings. The molecule has 90 valence electrons. The second-order valence-electron chi connectivity index (χ2n) is 3.62. The summed E-state index contributed by atoms with van der Waals surface area (Å²) in [7, 11) is 1.40. The Labute approximate surface area is 95.8 Å². The van der Waals surface area contributed by atoms with Crippen LogP contribution < -0.4 is 10.5 Å². The molecular weight excluding hydrogens is 231 g/mol. The van der Waals surface area contributed by atoms with Gasteiger partial charge in [0.15, 0.2) is 0 Å². The number of ether oxygens (including phenoxy) is 1. The van der Waals surface area contributed by atoms with Gasteiger partial charge in [0.1, 0.15) is 5.75 Å². The Morgan fingerprint density at radius 1 is 1.12 bits per heavy atom. The van der Waals surface area contributed by atoms with E-state index in [1.165, 1.54) is 25.3 Å². The Morgan fingerprint density at radius 2 is 1.82 bits per heavy atom. The number of methoxy groups -OCH3 is 1. The van der Waals surface area contributed by atoms with E-state index in [9.17, 15) is 13.2 Å². The Balaban J connectivity index is 2.85. The predicted octanol–water partition coefficient (Wildman–Crippen LogP) is 3.45. The molecule has 0 saturated carbocycles. The molecule has 0 amide bonds. The van der Waals surface area contributed by atoms with Gasteiger partial charge in [-0.2, -0.15) is 13.2 Å². The minimum absolute atomic E-state index is 0.0526. The third-order valence-electron chi connectivity index (χ3n) is 2.51. The maximum atomic E-state index is 12.8. The molecule has 0 spiro atoms. The largest absolute Gasteiger partial charge is 0.496 e. The summed E-state index contributed by atoms with van der Waals surface area (Å²) in [6.07, 6.45) is -4.40. The third-order valence-corrected chi connectivity index (χ3v) is 2.51. The standard InChI is InChI=1S/C12H10F3NO/c1-17-11-6-7(16)5-9-8(11)3-2-4-10(9)12(13,14)15/h2-6H,16H2,1H3. The van der Waals surface area contributed by atoms with Gasteiger partial charge in [-0.05, 0) is 17.5 Å². The van der Waals surface area contributed by atoms with Crippen molar-refractivity contribution in [3.8, 4) is 5.75 Å². The van der Waals surface area contributed by atoms with Crippen LogP contribution >= 0.6 is 0 Å². The van der Waals surface area contributed by atoms with Crippen LogP contribution in [0.4, 0.5) is 18.9 Å². The fourth-order valence-electron chi connectivity index (χ4n) is 1.79. The number of fused-ring (bicyclic) bond motifs is 1. The fourth-order valence-corrected chi connectivity index (χ4v) is 1.79. The zero-order valence-corrected chi connectivity index (χ0v) is 9.01. The van der Waals surface area contributed by atoms with Gasteiger partial charge in [-0.15, -0.1) is 0 Å². The highest BCUT2D eigenvalue weighted by Gasteiger charge is 2.32. The maximum absolute atomic E-state index is 12.8. The average Bonchev–Trinajstić information content (AvgIpc) is 2.25. The summed E-state index contributed by atoms with van der Waals surface area (Å²) in [6, 6.07) is 6.76. The Morgan fingerprint density at radius 3 is 2.41 bits per heavy atom. The molecule has 17 heavy (non-hydrogen) atoms. The maximum Gasteiger partial charge on any atom is 0.417 e. The van der Waals surface area contributed by atoms with E-state index < -0.39 is 11.7 Å². The lowest BCUT2D eigenvalue weighted by molar-refractivity contribution is -0.136. The first-order chi connectivity index (χ1) is 7.93. The van der Waals surface area contributed by atoms with Crippen molar-refractivity contribution in [3.63, 3.8) is 0 Å². The highest BCUT2D eigenvalue weighted by atomic mass is 19.4. The number of nitrogen functional groups attached to an aromatic ring is 1. The summed E-state index contributed by atoms with van der Waals surface area (Å²) in [5.74, 6) is 0.339. The van der Waals surface area contributed by atoms with E-state index >= 15 is 0 Å². The summed E-state index contributed by atoms with van der Waals surface area (Å²) in [5, 5.41) is 0.452. The summed E-state index contributed by atoms with van der Waals surface area (Å²) in [5.41, 5.74) is 5.10. The van der Waals surface area contributed by atoms with Crippen molar-refractivity contribution in [1.82, 2.24) is 0 Å². The molecule has 0 aliphatic carbocycles. The molecule has 2 aromatic rings. The first kappa shape index (κ1) is 11.6. The van der Waals surface area contributed by atoms with Gasteiger partial charge in [0.05, 0.1) is 12.7 Å². The molecule has 0 bridgehead atoms. The normalized spacial score (nSPS) is 11.8. The quantitative estimate of drug-likeness (QED) is 0.776. The van der Waals surface area contributed by atoms with Crippen molar-refractivity contribution in [2.45, 2.75) is 6.18 Å². The van der Waals surface area contributed by atoms with Crippen LogP contribution in [-0.4, -0.2) is 7.11 Å². The minimum atomic E-state index is -4.40. The first-order valence-corrected chi connectivity index (χ1v) is 4.87. The van der Waals surface area contributed by atoms with E-state index in [0.29, 0.717) is 11.1 Å². The minimum Gasteiger partial charge on any atom is -0.496 e. The van der Waals surface area contributed by atoms with Gasteiger partial charge in [0.25, 0.3) is 0 Å². The number of benzene rings is 2. The van der Waals surface area contributed by atoms with Crippen LogP contribution in [0.3, 0.4) is 0 Å². The van der Waals surface area contributed by atoms with E-state index in [1.54, 1.807) is 6.07 Å². The van der Waals surface area contributed by atoms with Crippen LogP contribution in [0.15, 0.2) is 30.3 Å². The highest BCUT2D eigenvalue weighted by molar-refractivity contribution is 5.94. The summed E-state index contributed by atoms with van der Waals surface area (Å²) in [4.78, 5) is 0. The second-order valence-corrected chi connectivity index (χ2v) is 3.62. The van der Waals surface area contributed by atoms with E-state index in [-0.39, 0.29) is 11.1 Å². The molecule has 2 N–H and O–H groups in total. The molecule has 2 rings (SSSR count). The number of hydrogen-bond acceptors (Lipinski definition) is 2. The van der Waals surface area contributed by atoms with E-state index in [4.69, 9.17) is 10.5 Å². The number of rotatable bonds is 1. The van der Waals surface area contributed by atoms with Crippen molar-refractivity contribution in [2.24, 2.45) is 0 Å². The van der Waals surface area contributed by atoms with Crippen molar-refractivity contribution < 1.29 is 17.9 Å². The van der Waals surface area contributed by atoms with Gasteiger partial charge in [0.2, 0.25) is 0 Å². The van der Waals surface area contributed by atoms with Gasteiger partial charge in [-0.1, -0.05) is 12.1 Å². The van der Waals surface area contributed by atoms with E-state index in [0.717, 1.165) is 6.07 Å². The molecule has 0 radical (unpaired) electrons. The highest BCUT2D eigenvalue weighted by Crippen LogP contribution is 2.38. The van der Waals surface area contributed by atoms with Gasteiger partial charge in [-0.25, -0.2) is 0 Å². The lowest BCUT2D eigenvalue weighted by Crippen LogP contribution is -2.06. The zero-order chi connectivity index (χ0) is 12.6. The van der Waals surface area contributed by atoms with Crippen LogP contribution in [0, 0.1) is 0 Å². The predicted molar refractivity (Wildman–Crippen MR) is 59.9 cm³/mol. The SMILES string of the molecule is COc1cc(N)cc2c(C(F)(F)F)cccc12. The topological polar surface area (TPSA) is 35.2 Å². The lowest BCUT2D eigenvalue weighted by atomic mass is 10.0. The monoisotopic (exact) mass is 241 g/mol. The van der Waals surface area contributed by atoms with Crippen LogP contribution in [0.5, 0.6) is 5.75 Å². The molecular formula is C12H10F3NO. The van der Waals surface area contributed by atoms with Gasteiger partial charge in [-0.3, -0.25) is 0 Å². The van der Waals surface area contributed by atoms with Gasteiger partial charge >= 0.3 is 6.18 Å². The van der Waals surface area contributed by atoms with Crippen molar-refractivity contribution in [1.29, 1.82) is 0 Å². The molecule has 0 atom stereocenters. The van der Waals surface area contributed by atoms with Crippen LogP contribution in [0.1, 0.15) is 5.56 Å². The summed E-state index contributed by atoms with van der Waals surface area (Å²) >= 11 is 0. The molecule has 0 heterocycles. The fraction of sp³-hybridized carbons (Fsp3) is 0.167. The van der Waals surface area contributed by atoms with Crippen molar-refractivity contribution in [3.05, 3.63) is 35.9 Å². The van der Waals surface area contributed by atoms with E-state index in [1.807, 2.05) is 0 Å². The summed E-state index contributed by atoms with van der Waals surface area (Å²) in [6.45, 7) is 0. The molecule has 2 nitrogen and oxygen atoms in total. The number of alkyl halides is 3. The van der Waals surface area contributed by atoms with Gasteiger partial charge < -0.3 is 10.5 Å². The van der Waals surface area contributed by atoms with Gasteiger partial charge in [0, 0.05) is 17.1 Å². The number of anilines is 1. The molecule has 2 aromatic carbocycles. The van der Waals surface area contributed by atoms with Crippen LogP contribution in [0.2, 0.25) is 0 Å². The molecule has 0 saturated heterocycles. The zero-order valence-electron chi connectivity index (χ0n) is 9.01. The van der Waals surface area contributed by atoms with Crippen LogP contribution in [0.25, 0.3) is 10.8 Å². The first-order valence-electron chi connectivity index (χ1n) is 4.87. The molecule has 5 heteroatoms. The average molecular weight is 241 g/mol. The molecule has 0 unspecified atom stereocenters. The summed E-state index contributed by atoms with van der Waals surface area (Å²) < 4.78 is 43.4. The Kier molecular flexibility index (Phi) is 2.61. The Hall–Kier alpha value is -1.91. The molecule has 0 aliphatic rings. The Bertz CT molecular complexity index is 563. The smallest absolute Gasteiger partial charge is 0.417 e. The van der Waals surface area contributed by atoms with Crippen LogP contribution in [-0.2, 0) is 6.18 Å². The third kappa shape index (κ3) is 2.00. The second kappa shape index (κ2) is 3.84. The number of halogens is 3. The number of nitrogens with two attached hydrogens (primary N) is 1. The van der Waals surface area contributed by atoms with Crippen molar-refractivity contribution >= 4 is 16.5 Å². The molecule has 0 aromatic heterocycles. The van der Waals surface area contributed by atoms with Crippen molar-refractivity contribution in [2.75, 3.05) is 12.8 Å². The lowest BCUT2D eigenvalue weighted by Gasteiger charge is -2.13. The van der Waals surface area contributed by atoms with E-state index in [2.05, 4.69) is 0 Å².